The maximum absolute atomic E-state index is 10.9. The fraction of sp³-hybridized carbons (Fsp3) is 0.0667. The minimum atomic E-state index is -0.446. The number of non-ortho nitro benzene ring substituents is 1. The van der Waals surface area contributed by atoms with E-state index in [4.69, 9.17) is 5.73 Å². The minimum absolute atomic E-state index is 0.00177. The number of benzene rings is 1. The number of anilines is 3. The highest BCUT2D eigenvalue weighted by Gasteiger charge is 2.11. The van der Waals surface area contributed by atoms with Crippen LogP contribution in [0.4, 0.5) is 23.0 Å². The number of nitro groups is 1. The molecule has 0 bridgehead atoms. The van der Waals surface area contributed by atoms with Crippen LogP contribution < -0.4 is 11.1 Å². The predicted octanol–water partition coefficient (Wildman–Crippen LogP) is 2.48. The van der Waals surface area contributed by atoms with Crippen LogP contribution in [0, 0.1) is 17.0 Å². The van der Waals surface area contributed by atoms with Crippen molar-refractivity contribution in [1.29, 1.82) is 0 Å². The van der Waals surface area contributed by atoms with E-state index in [2.05, 4.69) is 25.3 Å². The molecule has 3 aromatic rings. The van der Waals surface area contributed by atoms with Gasteiger partial charge in [-0.3, -0.25) is 10.1 Å². The number of nitrogens with one attached hydrogen (secondary N) is 1. The molecule has 0 aliphatic heterocycles. The van der Waals surface area contributed by atoms with E-state index in [-0.39, 0.29) is 11.5 Å². The van der Waals surface area contributed by atoms with Gasteiger partial charge in [0.1, 0.15) is 18.0 Å². The van der Waals surface area contributed by atoms with Gasteiger partial charge in [-0.1, -0.05) is 6.07 Å². The molecule has 0 atom stereocenters. The van der Waals surface area contributed by atoms with E-state index >= 15 is 0 Å². The van der Waals surface area contributed by atoms with E-state index in [0.717, 1.165) is 5.56 Å². The van der Waals surface area contributed by atoms with Crippen molar-refractivity contribution in [2.45, 2.75) is 6.92 Å². The van der Waals surface area contributed by atoms with Gasteiger partial charge in [0.15, 0.2) is 5.82 Å². The highest BCUT2D eigenvalue weighted by molar-refractivity contribution is 5.69. The predicted molar refractivity (Wildman–Crippen MR) is 88.6 cm³/mol. The summed E-state index contributed by atoms with van der Waals surface area (Å²) in [6, 6.07) is 6.23. The first-order chi connectivity index (χ1) is 11.5. The normalized spacial score (nSPS) is 10.4. The molecule has 2 heterocycles. The Hall–Kier alpha value is -3.62. The third kappa shape index (κ3) is 3.09. The summed E-state index contributed by atoms with van der Waals surface area (Å²) in [6.45, 7) is 1.84. The third-order valence-corrected chi connectivity index (χ3v) is 3.33. The van der Waals surface area contributed by atoms with Crippen LogP contribution in [0.2, 0.25) is 0 Å². The van der Waals surface area contributed by atoms with Crippen LogP contribution in [-0.4, -0.2) is 24.9 Å². The van der Waals surface area contributed by atoms with Gasteiger partial charge in [-0.2, -0.15) is 0 Å². The molecule has 120 valence electrons. The van der Waals surface area contributed by atoms with Gasteiger partial charge in [0, 0.05) is 30.2 Å². The van der Waals surface area contributed by atoms with E-state index in [0.29, 0.717) is 22.9 Å². The number of nitrogens with zero attached hydrogens (tertiary/aromatic N) is 5. The van der Waals surface area contributed by atoms with Gasteiger partial charge in [0.25, 0.3) is 5.69 Å². The van der Waals surface area contributed by atoms with Crippen LogP contribution in [-0.2, 0) is 0 Å². The molecule has 0 aliphatic carbocycles. The van der Waals surface area contributed by atoms with Crippen molar-refractivity contribution in [3.63, 3.8) is 0 Å². The summed E-state index contributed by atoms with van der Waals surface area (Å²) >= 11 is 0. The maximum Gasteiger partial charge on any atom is 0.271 e. The van der Waals surface area contributed by atoms with Crippen molar-refractivity contribution < 1.29 is 4.92 Å². The summed E-state index contributed by atoms with van der Waals surface area (Å²) in [5.74, 6) is 1.11. The molecule has 24 heavy (non-hydrogen) atoms. The topological polar surface area (TPSA) is 133 Å². The van der Waals surface area contributed by atoms with Crippen molar-refractivity contribution >= 4 is 23.0 Å². The summed E-state index contributed by atoms with van der Waals surface area (Å²) < 4.78 is 0. The van der Waals surface area contributed by atoms with Crippen LogP contribution >= 0.6 is 0 Å². The molecule has 0 radical (unpaired) electrons. The minimum Gasteiger partial charge on any atom is -0.383 e. The largest absolute Gasteiger partial charge is 0.383 e. The third-order valence-electron chi connectivity index (χ3n) is 3.33. The summed E-state index contributed by atoms with van der Waals surface area (Å²) in [6.07, 6.45) is 4.43. The second-order valence-corrected chi connectivity index (χ2v) is 4.97. The number of hydrogen-bond donors (Lipinski definition) is 2. The molecule has 0 saturated carbocycles. The van der Waals surface area contributed by atoms with E-state index in [9.17, 15) is 10.1 Å². The standard InChI is InChI=1S/C15H13N7O2/c1-9-2-3-10(22(23)24)6-12(9)20-13-4-5-18-15(21-13)11-7-17-8-19-14(11)16/h2-8H,1H3,(H2,16,17,19)(H,18,20,21). The summed E-state index contributed by atoms with van der Waals surface area (Å²) in [5.41, 5.74) is 7.75. The van der Waals surface area contributed by atoms with Crippen LogP contribution in [0.15, 0.2) is 43.0 Å². The number of nitrogens with two attached hydrogens (primary N) is 1. The van der Waals surface area contributed by atoms with Gasteiger partial charge >= 0.3 is 0 Å². The van der Waals surface area contributed by atoms with Gasteiger partial charge in [-0.15, -0.1) is 0 Å². The number of hydrogen-bond acceptors (Lipinski definition) is 8. The molecular formula is C15H13N7O2. The van der Waals surface area contributed by atoms with Crippen LogP contribution in [0.5, 0.6) is 0 Å². The van der Waals surface area contributed by atoms with Crippen LogP contribution in [0.1, 0.15) is 5.56 Å². The zero-order chi connectivity index (χ0) is 17.1. The summed E-state index contributed by atoms with van der Waals surface area (Å²) in [7, 11) is 0. The molecule has 0 spiro atoms. The summed E-state index contributed by atoms with van der Waals surface area (Å²) in [5, 5.41) is 14.0. The van der Waals surface area contributed by atoms with Gasteiger partial charge in [-0.05, 0) is 18.6 Å². The Balaban J connectivity index is 1.95. The van der Waals surface area contributed by atoms with Gasteiger partial charge in [0.2, 0.25) is 0 Å². The average molecular weight is 323 g/mol. The number of aryl methyl sites for hydroxylation is 1. The molecule has 3 N–H and O–H groups in total. The van der Waals surface area contributed by atoms with Crippen molar-refractivity contribution in [2.24, 2.45) is 0 Å². The number of aromatic nitrogens is 4. The van der Waals surface area contributed by atoms with Gasteiger partial charge in [-0.25, -0.2) is 19.9 Å². The second kappa shape index (κ2) is 6.24. The summed E-state index contributed by atoms with van der Waals surface area (Å²) in [4.78, 5) is 26.8. The van der Waals surface area contributed by atoms with Crippen LogP contribution in [0.25, 0.3) is 11.4 Å². The Bertz CT molecular complexity index is 914. The van der Waals surface area contributed by atoms with Crippen molar-refractivity contribution in [3.05, 3.63) is 58.7 Å². The first-order valence-electron chi connectivity index (χ1n) is 6.95. The highest BCUT2D eigenvalue weighted by Crippen LogP contribution is 2.26. The lowest BCUT2D eigenvalue weighted by atomic mass is 10.2. The molecule has 2 aromatic heterocycles. The number of rotatable bonds is 4. The lowest BCUT2D eigenvalue weighted by molar-refractivity contribution is -0.384. The molecule has 1 aromatic carbocycles. The smallest absolute Gasteiger partial charge is 0.271 e. The van der Waals surface area contributed by atoms with Gasteiger partial charge < -0.3 is 11.1 Å². The maximum atomic E-state index is 10.9. The lowest BCUT2D eigenvalue weighted by Crippen LogP contribution is -2.01. The fourth-order valence-electron chi connectivity index (χ4n) is 2.07. The highest BCUT2D eigenvalue weighted by atomic mass is 16.6. The van der Waals surface area contributed by atoms with E-state index < -0.39 is 4.92 Å². The van der Waals surface area contributed by atoms with Crippen LogP contribution in [0.3, 0.4) is 0 Å². The monoisotopic (exact) mass is 323 g/mol. The molecule has 0 unspecified atom stereocenters. The first-order valence-corrected chi connectivity index (χ1v) is 6.95. The molecule has 0 aliphatic rings. The molecular weight excluding hydrogens is 310 g/mol. The Labute approximate surface area is 136 Å². The fourth-order valence-corrected chi connectivity index (χ4v) is 2.07. The SMILES string of the molecule is Cc1ccc([N+](=O)[O-])cc1Nc1ccnc(-c2cncnc2N)n1. The first kappa shape index (κ1) is 15.3. The Morgan fingerprint density at radius 2 is 2.08 bits per heavy atom. The lowest BCUT2D eigenvalue weighted by Gasteiger charge is -2.10. The van der Waals surface area contributed by atoms with Crippen molar-refractivity contribution in [3.8, 4) is 11.4 Å². The second-order valence-electron chi connectivity index (χ2n) is 4.97. The molecule has 0 amide bonds. The molecule has 0 saturated heterocycles. The number of nitro benzene ring substituents is 1. The molecule has 9 nitrogen and oxygen atoms in total. The zero-order valence-electron chi connectivity index (χ0n) is 12.7. The Kier molecular flexibility index (Phi) is 3.98. The molecule has 3 rings (SSSR count). The quantitative estimate of drug-likeness (QED) is 0.552. The van der Waals surface area contributed by atoms with Gasteiger partial charge in [0.05, 0.1) is 10.5 Å². The number of nitrogen functional groups attached to an aromatic ring is 1. The van der Waals surface area contributed by atoms with Crippen molar-refractivity contribution in [2.75, 3.05) is 11.1 Å². The molecule has 0 fully saturated rings. The zero-order valence-corrected chi connectivity index (χ0v) is 12.7. The van der Waals surface area contributed by atoms with E-state index in [1.165, 1.54) is 24.7 Å². The average Bonchev–Trinajstić information content (AvgIpc) is 2.57. The molecule has 9 heteroatoms. The Morgan fingerprint density at radius 1 is 1.25 bits per heavy atom. The Morgan fingerprint density at radius 3 is 2.83 bits per heavy atom. The van der Waals surface area contributed by atoms with E-state index in [1.54, 1.807) is 18.3 Å². The van der Waals surface area contributed by atoms with E-state index in [1.807, 2.05) is 6.92 Å². The van der Waals surface area contributed by atoms with Crippen molar-refractivity contribution in [1.82, 2.24) is 19.9 Å².